The maximum absolute atomic E-state index is 12.5. The standard InChI is InChI=1S/C26H25N3O6/c30-24(27-16-7-5-6-15(12-16)25(31)32)22-13-23(35-29-22)28-26(33)34-14-21-19-10-3-1-8-17(19)18-9-2-4-11-20(18)21/h1-4,8-11,13,15-16,21H,5-7,12,14H2,(H,27,30)(H,28,33)(H,31,32)/t15-,16+/m0/s1. The summed E-state index contributed by atoms with van der Waals surface area (Å²) in [7, 11) is 0. The van der Waals surface area contributed by atoms with Crippen LogP contribution in [0.15, 0.2) is 59.1 Å². The van der Waals surface area contributed by atoms with Crippen molar-refractivity contribution in [3.63, 3.8) is 0 Å². The summed E-state index contributed by atoms with van der Waals surface area (Å²) < 4.78 is 10.5. The molecule has 0 saturated heterocycles. The predicted molar refractivity (Wildman–Crippen MR) is 126 cm³/mol. The summed E-state index contributed by atoms with van der Waals surface area (Å²) in [4.78, 5) is 36.1. The summed E-state index contributed by atoms with van der Waals surface area (Å²) in [6.45, 7) is 0.147. The largest absolute Gasteiger partial charge is 0.481 e. The number of nitrogens with zero attached hydrogens (tertiary/aromatic N) is 1. The lowest BCUT2D eigenvalue weighted by molar-refractivity contribution is -0.143. The van der Waals surface area contributed by atoms with Gasteiger partial charge >= 0.3 is 12.1 Å². The van der Waals surface area contributed by atoms with Crippen molar-refractivity contribution in [2.45, 2.75) is 37.6 Å². The average molecular weight is 476 g/mol. The second kappa shape index (κ2) is 9.61. The Balaban J connectivity index is 1.17. The van der Waals surface area contributed by atoms with Crippen LogP contribution in [0.25, 0.3) is 11.1 Å². The molecule has 1 fully saturated rings. The third kappa shape index (κ3) is 4.75. The van der Waals surface area contributed by atoms with E-state index in [1.54, 1.807) is 0 Å². The highest BCUT2D eigenvalue weighted by atomic mass is 16.6. The number of rotatable bonds is 6. The lowest BCUT2D eigenvalue weighted by Gasteiger charge is -2.26. The van der Waals surface area contributed by atoms with Gasteiger partial charge in [-0.25, -0.2) is 4.79 Å². The number of aromatic nitrogens is 1. The maximum atomic E-state index is 12.5. The van der Waals surface area contributed by atoms with Crippen LogP contribution in [0, 0.1) is 5.92 Å². The predicted octanol–water partition coefficient (Wildman–Crippen LogP) is 4.41. The van der Waals surface area contributed by atoms with E-state index < -0.39 is 23.9 Å². The molecule has 35 heavy (non-hydrogen) atoms. The number of carboxylic acid groups (broad SMARTS) is 1. The summed E-state index contributed by atoms with van der Waals surface area (Å²) in [5, 5.41) is 18.2. The third-order valence-corrected chi connectivity index (χ3v) is 6.67. The van der Waals surface area contributed by atoms with Gasteiger partial charge in [0.1, 0.15) is 6.61 Å². The van der Waals surface area contributed by atoms with Gasteiger partial charge in [0.05, 0.1) is 5.92 Å². The molecule has 2 aliphatic carbocycles. The van der Waals surface area contributed by atoms with Crippen LogP contribution in [0.2, 0.25) is 0 Å². The molecule has 2 atom stereocenters. The van der Waals surface area contributed by atoms with E-state index in [0.29, 0.717) is 19.3 Å². The Morgan fingerprint density at radius 1 is 1.03 bits per heavy atom. The number of nitrogens with one attached hydrogen (secondary N) is 2. The third-order valence-electron chi connectivity index (χ3n) is 6.67. The molecule has 0 bridgehead atoms. The summed E-state index contributed by atoms with van der Waals surface area (Å²) in [6, 6.07) is 17.2. The fourth-order valence-corrected chi connectivity index (χ4v) is 4.98. The Morgan fingerprint density at radius 2 is 1.71 bits per heavy atom. The minimum Gasteiger partial charge on any atom is -0.481 e. The fraction of sp³-hybridized carbons (Fsp3) is 0.308. The highest BCUT2D eigenvalue weighted by Crippen LogP contribution is 2.44. The van der Waals surface area contributed by atoms with Crippen molar-refractivity contribution in [3.05, 3.63) is 71.4 Å². The normalized spacial score (nSPS) is 18.9. The van der Waals surface area contributed by atoms with E-state index in [0.717, 1.165) is 28.7 Å². The molecule has 1 heterocycles. The van der Waals surface area contributed by atoms with Crippen molar-refractivity contribution in [1.29, 1.82) is 0 Å². The van der Waals surface area contributed by atoms with Gasteiger partial charge in [-0.15, -0.1) is 0 Å². The molecule has 5 rings (SSSR count). The zero-order valence-electron chi connectivity index (χ0n) is 18.9. The van der Waals surface area contributed by atoms with Crippen molar-refractivity contribution in [3.8, 4) is 11.1 Å². The lowest BCUT2D eigenvalue weighted by Crippen LogP contribution is -2.40. The number of amides is 2. The number of aliphatic carboxylic acids is 1. The summed E-state index contributed by atoms with van der Waals surface area (Å²) in [5.74, 6) is -1.88. The fourth-order valence-electron chi connectivity index (χ4n) is 4.98. The molecule has 0 spiro atoms. The van der Waals surface area contributed by atoms with Gasteiger partial charge in [0.25, 0.3) is 5.91 Å². The van der Waals surface area contributed by atoms with Gasteiger partial charge in [-0.3, -0.25) is 14.9 Å². The number of carboxylic acids is 1. The number of hydrogen-bond acceptors (Lipinski definition) is 6. The molecule has 9 nitrogen and oxygen atoms in total. The van der Waals surface area contributed by atoms with Crippen molar-refractivity contribution < 1.29 is 28.8 Å². The smallest absolute Gasteiger partial charge is 0.414 e. The van der Waals surface area contributed by atoms with Crippen LogP contribution < -0.4 is 10.6 Å². The van der Waals surface area contributed by atoms with Crippen molar-refractivity contribution in [2.24, 2.45) is 5.92 Å². The molecular weight excluding hydrogens is 450 g/mol. The first-order chi connectivity index (χ1) is 17.0. The van der Waals surface area contributed by atoms with Gasteiger partial charge in [-0.1, -0.05) is 60.1 Å². The first-order valence-corrected chi connectivity index (χ1v) is 11.6. The minimum atomic E-state index is -0.847. The van der Waals surface area contributed by atoms with E-state index in [4.69, 9.17) is 9.26 Å². The molecule has 1 aromatic heterocycles. The first kappa shape index (κ1) is 22.6. The summed E-state index contributed by atoms with van der Waals surface area (Å²) >= 11 is 0. The van der Waals surface area contributed by atoms with Gasteiger partial charge < -0.3 is 19.7 Å². The molecule has 2 aliphatic rings. The molecule has 0 radical (unpaired) electrons. The highest BCUT2D eigenvalue weighted by Gasteiger charge is 2.30. The number of anilines is 1. The number of fused-ring (bicyclic) bond motifs is 3. The van der Waals surface area contributed by atoms with Crippen molar-refractivity contribution >= 4 is 23.9 Å². The zero-order valence-corrected chi connectivity index (χ0v) is 18.9. The maximum Gasteiger partial charge on any atom is 0.414 e. The Labute approximate surface area is 201 Å². The average Bonchev–Trinajstić information content (AvgIpc) is 3.46. The van der Waals surface area contributed by atoms with Gasteiger partial charge in [0, 0.05) is 18.0 Å². The van der Waals surface area contributed by atoms with Crippen LogP contribution in [0.4, 0.5) is 10.7 Å². The van der Waals surface area contributed by atoms with Crippen molar-refractivity contribution in [1.82, 2.24) is 10.5 Å². The first-order valence-electron chi connectivity index (χ1n) is 11.6. The molecular formula is C26H25N3O6. The van der Waals surface area contributed by atoms with Gasteiger partial charge in [0.15, 0.2) is 5.69 Å². The topological polar surface area (TPSA) is 131 Å². The quantitative estimate of drug-likeness (QED) is 0.481. The Hall–Kier alpha value is -4.14. The lowest BCUT2D eigenvalue weighted by atomic mass is 9.86. The number of carbonyl (C=O) groups excluding carboxylic acids is 2. The van der Waals surface area contributed by atoms with E-state index in [2.05, 4.69) is 27.9 Å². The Bertz CT molecular complexity index is 1220. The van der Waals surface area contributed by atoms with Crippen molar-refractivity contribution in [2.75, 3.05) is 11.9 Å². The molecule has 0 aliphatic heterocycles. The molecule has 3 aromatic rings. The molecule has 0 unspecified atom stereocenters. The second-order valence-corrected chi connectivity index (χ2v) is 8.90. The van der Waals surface area contributed by atoms with E-state index in [9.17, 15) is 19.5 Å². The molecule has 9 heteroatoms. The highest BCUT2D eigenvalue weighted by molar-refractivity contribution is 5.94. The number of ether oxygens (including phenoxy) is 1. The van der Waals surface area contributed by atoms with Crippen LogP contribution in [-0.4, -0.2) is 40.9 Å². The number of hydrogen-bond donors (Lipinski definition) is 3. The van der Waals surface area contributed by atoms with E-state index in [1.807, 2.05) is 36.4 Å². The van der Waals surface area contributed by atoms with Crippen LogP contribution in [0.1, 0.15) is 53.2 Å². The Morgan fingerprint density at radius 3 is 2.40 bits per heavy atom. The summed E-state index contributed by atoms with van der Waals surface area (Å²) in [5.41, 5.74) is 4.48. The molecule has 1 saturated carbocycles. The van der Waals surface area contributed by atoms with E-state index in [1.165, 1.54) is 6.07 Å². The molecule has 180 valence electrons. The van der Waals surface area contributed by atoms with Gasteiger partial charge in [-0.2, -0.15) is 0 Å². The molecule has 3 N–H and O–H groups in total. The Kier molecular flexibility index (Phi) is 6.22. The monoisotopic (exact) mass is 475 g/mol. The van der Waals surface area contributed by atoms with E-state index >= 15 is 0 Å². The summed E-state index contributed by atoms with van der Waals surface area (Å²) in [6.07, 6.45) is 1.71. The molecule has 2 aromatic carbocycles. The van der Waals surface area contributed by atoms with Crippen LogP contribution >= 0.6 is 0 Å². The second-order valence-electron chi connectivity index (χ2n) is 8.90. The number of benzene rings is 2. The van der Waals surface area contributed by atoms with Gasteiger partial charge in [-0.05, 0) is 41.5 Å². The zero-order chi connectivity index (χ0) is 24.4. The molecule has 2 amide bonds. The van der Waals surface area contributed by atoms with E-state index in [-0.39, 0.29) is 30.1 Å². The van der Waals surface area contributed by atoms with Crippen LogP contribution in [-0.2, 0) is 9.53 Å². The number of carbonyl (C=O) groups is 3. The van der Waals surface area contributed by atoms with Gasteiger partial charge in [0.2, 0.25) is 5.88 Å². The SMILES string of the molecule is O=C(Nc1cc(C(=O)N[C@@H]2CCC[C@H](C(=O)O)C2)no1)OCC1c2ccccc2-c2ccccc21. The van der Waals surface area contributed by atoms with Crippen LogP contribution in [0.5, 0.6) is 0 Å². The minimum absolute atomic E-state index is 0.00334. The van der Waals surface area contributed by atoms with Crippen LogP contribution in [0.3, 0.4) is 0 Å².